The number of benzene rings is 1. The molecule has 0 aliphatic heterocycles. The molecule has 0 unspecified atom stereocenters. The van der Waals surface area contributed by atoms with E-state index in [2.05, 4.69) is 10.3 Å². The van der Waals surface area contributed by atoms with Gasteiger partial charge in [0.25, 0.3) is 5.91 Å². The minimum atomic E-state index is -0.169. The van der Waals surface area contributed by atoms with Gasteiger partial charge in [0.15, 0.2) is 0 Å². The molecule has 0 spiro atoms. The van der Waals surface area contributed by atoms with E-state index in [1.807, 2.05) is 31.3 Å². The number of carbonyl (C=O) groups excluding carboxylic acids is 2. The van der Waals surface area contributed by atoms with E-state index in [-0.39, 0.29) is 18.4 Å². The second-order valence-corrected chi connectivity index (χ2v) is 4.27. The third-order valence-electron chi connectivity index (χ3n) is 3.08. The van der Waals surface area contributed by atoms with Crippen molar-refractivity contribution in [1.82, 2.24) is 15.2 Å². The van der Waals surface area contributed by atoms with Gasteiger partial charge in [-0.1, -0.05) is 0 Å². The van der Waals surface area contributed by atoms with Gasteiger partial charge < -0.3 is 15.2 Å². The van der Waals surface area contributed by atoms with Crippen molar-refractivity contribution in [2.75, 3.05) is 20.1 Å². The van der Waals surface area contributed by atoms with Crippen LogP contribution in [0.1, 0.15) is 17.3 Å². The van der Waals surface area contributed by atoms with Crippen LogP contribution in [0.4, 0.5) is 0 Å². The molecule has 19 heavy (non-hydrogen) atoms. The lowest BCUT2D eigenvalue weighted by atomic mass is 10.1. The van der Waals surface area contributed by atoms with Crippen LogP contribution in [0.15, 0.2) is 30.5 Å². The molecule has 2 N–H and O–H groups in total. The maximum atomic E-state index is 12.3. The van der Waals surface area contributed by atoms with Crippen LogP contribution in [-0.4, -0.2) is 41.8 Å². The number of amides is 2. The average molecular weight is 259 g/mol. The molecule has 0 atom stereocenters. The number of aromatic amines is 1. The summed E-state index contributed by atoms with van der Waals surface area (Å²) in [5, 5.41) is 3.51. The second kappa shape index (κ2) is 5.56. The van der Waals surface area contributed by atoms with E-state index >= 15 is 0 Å². The van der Waals surface area contributed by atoms with E-state index in [0.29, 0.717) is 12.1 Å². The quantitative estimate of drug-likeness (QED) is 0.871. The highest BCUT2D eigenvalue weighted by Crippen LogP contribution is 2.15. The fourth-order valence-electron chi connectivity index (χ4n) is 1.95. The molecule has 0 saturated carbocycles. The Morgan fingerprint density at radius 1 is 1.32 bits per heavy atom. The maximum Gasteiger partial charge on any atom is 0.254 e. The lowest BCUT2D eigenvalue weighted by Crippen LogP contribution is -2.39. The van der Waals surface area contributed by atoms with Crippen molar-refractivity contribution in [2.24, 2.45) is 0 Å². The number of hydrogen-bond acceptors (Lipinski definition) is 2. The van der Waals surface area contributed by atoms with Crippen LogP contribution in [0.25, 0.3) is 10.9 Å². The van der Waals surface area contributed by atoms with E-state index < -0.39 is 0 Å². The highest BCUT2D eigenvalue weighted by atomic mass is 16.2. The monoisotopic (exact) mass is 259 g/mol. The number of H-pyrrole nitrogens is 1. The van der Waals surface area contributed by atoms with Gasteiger partial charge in [0, 0.05) is 36.3 Å². The third kappa shape index (κ3) is 2.76. The molecule has 2 amide bonds. The van der Waals surface area contributed by atoms with Crippen LogP contribution in [-0.2, 0) is 4.79 Å². The number of fused-ring (bicyclic) bond motifs is 1. The Balaban J connectivity index is 2.23. The average Bonchev–Trinajstić information content (AvgIpc) is 2.90. The summed E-state index contributed by atoms with van der Waals surface area (Å²) < 4.78 is 0. The molecule has 0 radical (unpaired) electrons. The SMILES string of the molecule is CCN(CC(=O)NC)C(=O)c1ccc2[nH]ccc2c1. The topological polar surface area (TPSA) is 65.2 Å². The van der Waals surface area contributed by atoms with Crippen molar-refractivity contribution in [3.05, 3.63) is 36.0 Å². The number of nitrogens with zero attached hydrogens (tertiary/aromatic N) is 1. The summed E-state index contributed by atoms with van der Waals surface area (Å²) >= 11 is 0. The van der Waals surface area contributed by atoms with Crippen LogP contribution in [0.2, 0.25) is 0 Å². The number of rotatable bonds is 4. The molecule has 5 nitrogen and oxygen atoms in total. The molecule has 100 valence electrons. The van der Waals surface area contributed by atoms with E-state index in [1.165, 1.54) is 4.90 Å². The first-order valence-corrected chi connectivity index (χ1v) is 6.22. The Labute approximate surface area is 111 Å². The maximum absolute atomic E-state index is 12.3. The van der Waals surface area contributed by atoms with Gasteiger partial charge in [0.2, 0.25) is 5.91 Å². The summed E-state index contributed by atoms with van der Waals surface area (Å²) in [6.45, 7) is 2.43. The Morgan fingerprint density at radius 3 is 2.79 bits per heavy atom. The molecular formula is C14H17N3O2. The lowest BCUT2D eigenvalue weighted by Gasteiger charge is -2.19. The minimum absolute atomic E-state index is 0.0804. The summed E-state index contributed by atoms with van der Waals surface area (Å²) in [4.78, 5) is 28.3. The second-order valence-electron chi connectivity index (χ2n) is 4.27. The van der Waals surface area contributed by atoms with Crippen LogP contribution < -0.4 is 5.32 Å². The van der Waals surface area contributed by atoms with E-state index in [0.717, 1.165) is 10.9 Å². The van der Waals surface area contributed by atoms with Crippen LogP contribution in [0, 0.1) is 0 Å². The fourth-order valence-corrected chi connectivity index (χ4v) is 1.95. The Morgan fingerprint density at radius 2 is 2.11 bits per heavy atom. The summed E-state index contributed by atoms with van der Waals surface area (Å²) in [5.74, 6) is -0.299. The van der Waals surface area contributed by atoms with Gasteiger partial charge in [-0.05, 0) is 31.2 Å². The van der Waals surface area contributed by atoms with Crippen molar-refractivity contribution in [2.45, 2.75) is 6.92 Å². The van der Waals surface area contributed by atoms with Gasteiger partial charge in [-0.3, -0.25) is 9.59 Å². The first kappa shape index (κ1) is 13.1. The van der Waals surface area contributed by atoms with Crippen molar-refractivity contribution in [3.63, 3.8) is 0 Å². The molecule has 0 bridgehead atoms. The summed E-state index contributed by atoms with van der Waals surface area (Å²) in [6, 6.07) is 7.39. The Bertz CT molecular complexity index is 604. The number of aromatic nitrogens is 1. The highest BCUT2D eigenvalue weighted by Gasteiger charge is 2.16. The number of hydrogen-bond donors (Lipinski definition) is 2. The lowest BCUT2D eigenvalue weighted by molar-refractivity contribution is -0.121. The first-order valence-electron chi connectivity index (χ1n) is 6.22. The molecule has 0 saturated heterocycles. The number of carbonyl (C=O) groups is 2. The van der Waals surface area contributed by atoms with Crippen LogP contribution >= 0.6 is 0 Å². The molecule has 1 aromatic heterocycles. The Kier molecular flexibility index (Phi) is 3.85. The van der Waals surface area contributed by atoms with Crippen molar-refractivity contribution in [3.8, 4) is 0 Å². The zero-order valence-electron chi connectivity index (χ0n) is 11.1. The molecule has 2 rings (SSSR count). The summed E-state index contributed by atoms with van der Waals surface area (Å²) in [5.41, 5.74) is 1.59. The van der Waals surface area contributed by atoms with Crippen LogP contribution in [0.5, 0.6) is 0 Å². The van der Waals surface area contributed by atoms with E-state index in [1.54, 1.807) is 13.1 Å². The Hall–Kier alpha value is -2.30. The van der Waals surface area contributed by atoms with Gasteiger partial charge in [0.1, 0.15) is 0 Å². The van der Waals surface area contributed by atoms with Gasteiger partial charge >= 0.3 is 0 Å². The van der Waals surface area contributed by atoms with Gasteiger partial charge in [-0.2, -0.15) is 0 Å². The van der Waals surface area contributed by atoms with E-state index in [4.69, 9.17) is 0 Å². The molecule has 2 aromatic rings. The zero-order chi connectivity index (χ0) is 13.8. The minimum Gasteiger partial charge on any atom is -0.361 e. The van der Waals surface area contributed by atoms with Crippen molar-refractivity contribution in [1.29, 1.82) is 0 Å². The van der Waals surface area contributed by atoms with Crippen molar-refractivity contribution >= 4 is 22.7 Å². The molecule has 5 heteroatoms. The van der Waals surface area contributed by atoms with Gasteiger partial charge in [0.05, 0.1) is 6.54 Å². The predicted molar refractivity (Wildman–Crippen MR) is 73.9 cm³/mol. The van der Waals surface area contributed by atoms with E-state index in [9.17, 15) is 9.59 Å². The summed E-state index contributed by atoms with van der Waals surface area (Å²) in [6.07, 6.45) is 1.83. The summed E-state index contributed by atoms with van der Waals surface area (Å²) in [7, 11) is 1.56. The fraction of sp³-hybridized carbons (Fsp3) is 0.286. The molecule has 0 aliphatic carbocycles. The molecule has 0 fully saturated rings. The third-order valence-corrected chi connectivity index (χ3v) is 3.08. The zero-order valence-corrected chi connectivity index (χ0v) is 11.1. The largest absolute Gasteiger partial charge is 0.361 e. The standard InChI is InChI=1S/C14H17N3O2/c1-3-17(9-13(18)15-2)14(19)11-4-5-12-10(8-11)6-7-16-12/h4-8,16H,3,9H2,1-2H3,(H,15,18). The van der Waals surface area contributed by atoms with Crippen molar-refractivity contribution < 1.29 is 9.59 Å². The highest BCUT2D eigenvalue weighted by molar-refractivity contribution is 5.99. The normalized spacial score (nSPS) is 10.4. The molecule has 0 aliphatic rings. The first-order chi connectivity index (χ1) is 9.15. The van der Waals surface area contributed by atoms with Gasteiger partial charge in [-0.15, -0.1) is 0 Å². The van der Waals surface area contributed by atoms with Crippen LogP contribution in [0.3, 0.4) is 0 Å². The van der Waals surface area contributed by atoms with Gasteiger partial charge in [-0.25, -0.2) is 0 Å². The number of likely N-dealkylation sites (N-methyl/N-ethyl adjacent to an activating group) is 2. The molecular weight excluding hydrogens is 242 g/mol. The smallest absolute Gasteiger partial charge is 0.254 e. The predicted octanol–water partition coefficient (Wildman–Crippen LogP) is 1.38. The number of nitrogens with one attached hydrogen (secondary N) is 2. The molecule has 1 aromatic carbocycles. The molecule has 1 heterocycles.